The van der Waals surface area contributed by atoms with Gasteiger partial charge >= 0.3 is 0 Å². The second-order valence-electron chi connectivity index (χ2n) is 5.73. The maximum absolute atomic E-state index is 5.29. The van der Waals surface area contributed by atoms with Gasteiger partial charge in [-0.2, -0.15) is 0 Å². The first kappa shape index (κ1) is 15.4. The van der Waals surface area contributed by atoms with Crippen LogP contribution >= 0.6 is 0 Å². The third-order valence-corrected chi connectivity index (χ3v) is 4.17. The summed E-state index contributed by atoms with van der Waals surface area (Å²) in [6, 6.07) is 21.7. The molecule has 0 spiro atoms. The van der Waals surface area contributed by atoms with Crippen LogP contribution in [0.2, 0.25) is 0 Å². The van der Waals surface area contributed by atoms with Crippen molar-refractivity contribution in [3.05, 3.63) is 78.4 Å². The van der Waals surface area contributed by atoms with Gasteiger partial charge in [-0.25, -0.2) is 0 Å². The molecule has 0 aromatic heterocycles. The molecule has 3 rings (SSSR count). The monoisotopic (exact) mass is 302 g/mol. The van der Waals surface area contributed by atoms with Gasteiger partial charge in [-0.15, -0.1) is 0 Å². The molecule has 0 heterocycles. The van der Waals surface area contributed by atoms with Crippen molar-refractivity contribution in [2.24, 2.45) is 0 Å². The van der Waals surface area contributed by atoms with Crippen LogP contribution in [0.3, 0.4) is 0 Å². The molecule has 0 atom stereocenters. The standard InChI is InChI=1S/C22H22O/c1-3-4-5-6-17-7-9-18(10-8-17)19-11-12-21-16-22(23-2)14-13-20(21)15-19/h3-4,7-16H,5-6H2,1-2H3/b4-3+. The first-order chi connectivity index (χ1) is 11.3. The molecule has 0 unspecified atom stereocenters. The van der Waals surface area contributed by atoms with Gasteiger partial charge in [0.05, 0.1) is 7.11 Å². The smallest absolute Gasteiger partial charge is 0.119 e. The van der Waals surface area contributed by atoms with Crippen molar-refractivity contribution in [1.29, 1.82) is 0 Å². The molecule has 0 aliphatic rings. The molecule has 1 nitrogen and oxygen atoms in total. The van der Waals surface area contributed by atoms with Crippen molar-refractivity contribution in [2.45, 2.75) is 19.8 Å². The molecule has 1 heteroatoms. The first-order valence-corrected chi connectivity index (χ1v) is 8.08. The van der Waals surface area contributed by atoms with Crippen LogP contribution < -0.4 is 4.74 Å². The maximum Gasteiger partial charge on any atom is 0.119 e. The second-order valence-corrected chi connectivity index (χ2v) is 5.73. The lowest BCUT2D eigenvalue weighted by Crippen LogP contribution is -1.85. The molecule has 0 N–H and O–H groups in total. The summed E-state index contributed by atoms with van der Waals surface area (Å²) in [5.74, 6) is 0.899. The minimum Gasteiger partial charge on any atom is -0.497 e. The summed E-state index contributed by atoms with van der Waals surface area (Å²) in [5.41, 5.74) is 3.90. The molecular weight excluding hydrogens is 280 g/mol. The van der Waals surface area contributed by atoms with E-state index in [1.807, 2.05) is 6.07 Å². The number of allylic oxidation sites excluding steroid dienone is 2. The molecular formula is C22H22O. The fourth-order valence-electron chi connectivity index (χ4n) is 2.81. The zero-order chi connectivity index (χ0) is 16.1. The van der Waals surface area contributed by atoms with Gasteiger partial charge in [-0.05, 0) is 65.4 Å². The van der Waals surface area contributed by atoms with E-state index in [1.54, 1.807) is 7.11 Å². The minimum absolute atomic E-state index is 0.899. The molecule has 0 aliphatic heterocycles. The van der Waals surface area contributed by atoms with Crippen molar-refractivity contribution < 1.29 is 4.74 Å². The summed E-state index contributed by atoms with van der Waals surface area (Å²) in [5, 5.41) is 2.44. The summed E-state index contributed by atoms with van der Waals surface area (Å²) >= 11 is 0. The highest BCUT2D eigenvalue weighted by Crippen LogP contribution is 2.27. The van der Waals surface area contributed by atoms with Crippen molar-refractivity contribution in [3.63, 3.8) is 0 Å². The van der Waals surface area contributed by atoms with E-state index in [-0.39, 0.29) is 0 Å². The molecule has 0 fully saturated rings. The van der Waals surface area contributed by atoms with Crippen LogP contribution in [0.5, 0.6) is 5.75 Å². The minimum atomic E-state index is 0.899. The topological polar surface area (TPSA) is 9.23 Å². The van der Waals surface area contributed by atoms with E-state index in [0.29, 0.717) is 0 Å². The molecule has 0 bridgehead atoms. The third kappa shape index (κ3) is 3.62. The molecule has 3 aromatic carbocycles. The Morgan fingerprint density at radius 3 is 2.26 bits per heavy atom. The molecule has 0 radical (unpaired) electrons. The van der Waals surface area contributed by atoms with Gasteiger partial charge in [0, 0.05) is 0 Å². The summed E-state index contributed by atoms with van der Waals surface area (Å²) < 4.78 is 5.29. The summed E-state index contributed by atoms with van der Waals surface area (Å²) in [4.78, 5) is 0. The van der Waals surface area contributed by atoms with E-state index in [4.69, 9.17) is 4.74 Å². The molecule has 3 aromatic rings. The maximum atomic E-state index is 5.29. The summed E-state index contributed by atoms with van der Waals surface area (Å²) in [6.45, 7) is 2.07. The van der Waals surface area contributed by atoms with Gasteiger partial charge < -0.3 is 4.74 Å². The van der Waals surface area contributed by atoms with Crippen molar-refractivity contribution >= 4 is 10.8 Å². The van der Waals surface area contributed by atoms with Crippen molar-refractivity contribution in [2.75, 3.05) is 7.11 Å². The fourth-order valence-corrected chi connectivity index (χ4v) is 2.81. The number of methoxy groups -OCH3 is 1. The Bertz CT molecular complexity index is 813. The Morgan fingerprint density at radius 1 is 0.826 bits per heavy atom. The van der Waals surface area contributed by atoms with E-state index in [0.717, 1.165) is 18.6 Å². The van der Waals surface area contributed by atoms with Crippen molar-refractivity contribution in [1.82, 2.24) is 0 Å². The zero-order valence-electron chi connectivity index (χ0n) is 13.8. The first-order valence-electron chi connectivity index (χ1n) is 8.08. The van der Waals surface area contributed by atoms with E-state index in [1.165, 1.54) is 27.5 Å². The molecule has 23 heavy (non-hydrogen) atoms. The highest BCUT2D eigenvalue weighted by atomic mass is 16.5. The molecule has 0 saturated heterocycles. The van der Waals surface area contributed by atoms with Gasteiger partial charge in [0.25, 0.3) is 0 Å². The molecule has 116 valence electrons. The van der Waals surface area contributed by atoms with Crippen LogP contribution in [0.4, 0.5) is 0 Å². The normalized spacial score (nSPS) is 11.2. The fraction of sp³-hybridized carbons (Fsp3) is 0.182. The largest absolute Gasteiger partial charge is 0.497 e. The SMILES string of the molecule is C/C=C/CCc1ccc(-c2ccc3cc(OC)ccc3c2)cc1. The highest BCUT2D eigenvalue weighted by Gasteiger charge is 2.02. The van der Waals surface area contributed by atoms with Crippen LogP contribution in [-0.4, -0.2) is 7.11 Å². The van der Waals surface area contributed by atoms with E-state index >= 15 is 0 Å². The molecule has 0 amide bonds. The third-order valence-electron chi connectivity index (χ3n) is 4.17. The van der Waals surface area contributed by atoms with E-state index in [9.17, 15) is 0 Å². The number of aryl methyl sites for hydroxylation is 1. The van der Waals surface area contributed by atoms with E-state index in [2.05, 4.69) is 73.7 Å². The van der Waals surface area contributed by atoms with Crippen LogP contribution in [-0.2, 0) is 6.42 Å². The van der Waals surface area contributed by atoms with Crippen LogP contribution in [0.15, 0.2) is 72.8 Å². The summed E-state index contributed by atoms with van der Waals surface area (Å²) in [7, 11) is 1.70. The van der Waals surface area contributed by atoms with Gasteiger partial charge in [0.15, 0.2) is 0 Å². The quantitative estimate of drug-likeness (QED) is 0.523. The Kier molecular flexibility index (Phi) is 4.77. The van der Waals surface area contributed by atoms with Crippen LogP contribution in [0.1, 0.15) is 18.9 Å². The van der Waals surface area contributed by atoms with Crippen LogP contribution in [0, 0.1) is 0 Å². The number of fused-ring (bicyclic) bond motifs is 1. The van der Waals surface area contributed by atoms with E-state index < -0.39 is 0 Å². The van der Waals surface area contributed by atoms with Gasteiger partial charge in [-0.1, -0.05) is 54.6 Å². The highest BCUT2D eigenvalue weighted by molar-refractivity contribution is 5.88. The van der Waals surface area contributed by atoms with Gasteiger partial charge in [0.2, 0.25) is 0 Å². The predicted octanol–water partition coefficient (Wildman–Crippen LogP) is 6.02. The lowest BCUT2D eigenvalue weighted by molar-refractivity contribution is 0.415. The predicted molar refractivity (Wildman–Crippen MR) is 99.1 cm³/mol. The van der Waals surface area contributed by atoms with Crippen molar-refractivity contribution in [3.8, 4) is 16.9 Å². The molecule has 0 saturated carbocycles. The Balaban J connectivity index is 1.84. The number of hydrogen-bond acceptors (Lipinski definition) is 1. The van der Waals surface area contributed by atoms with Gasteiger partial charge in [-0.3, -0.25) is 0 Å². The van der Waals surface area contributed by atoms with Crippen LogP contribution in [0.25, 0.3) is 21.9 Å². The average Bonchev–Trinajstić information content (AvgIpc) is 2.61. The summed E-state index contributed by atoms with van der Waals surface area (Å²) in [6.07, 6.45) is 6.53. The molecule has 0 aliphatic carbocycles. The number of benzene rings is 3. The number of hydrogen-bond donors (Lipinski definition) is 0. The van der Waals surface area contributed by atoms with Gasteiger partial charge in [0.1, 0.15) is 5.75 Å². The number of rotatable bonds is 5. The second kappa shape index (κ2) is 7.15. The Hall–Kier alpha value is -2.54. The Labute approximate surface area is 138 Å². The average molecular weight is 302 g/mol. The lowest BCUT2D eigenvalue weighted by atomic mass is 9.99. The lowest BCUT2D eigenvalue weighted by Gasteiger charge is -2.07. The Morgan fingerprint density at radius 2 is 1.52 bits per heavy atom. The zero-order valence-corrected chi connectivity index (χ0v) is 13.8. The number of ether oxygens (including phenoxy) is 1.